The third-order valence-electron chi connectivity index (χ3n) is 5.29. The van der Waals surface area contributed by atoms with Crippen molar-refractivity contribution < 1.29 is 8.42 Å². The molecule has 0 aromatic carbocycles. The molecule has 0 bridgehead atoms. The number of rotatable bonds is 5. The standard InChI is InChI=1S/C17H34N4O2S/c1-4-6-17(2)7-5-9-21(15-17)16(18-3)19-8-10-20-11-13-24(22,23)14-12-20/h4-15H2,1-3H3,(H,18,19). The van der Waals surface area contributed by atoms with Crippen LogP contribution in [0, 0.1) is 5.41 Å². The summed E-state index contributed by atoms with van der Waals surface area (Å²) in [6.45, 7) is 9.79. The van der Waals surface area contributed by atoms with E-state index < -0.39 is 9.84 Å². The highest BCUT2D eigenvalue weighted by Crippen LogP contribution is 2.33. The molecule has 0 radical (unpaired) electrons. The highest BCUT2D eigenvalue weighted by atomic mass is 32.2. The molecule has 24 heavy (non-hydrogen) atoms. The molecule has 6 nitrogen and oxygen atoms in total. The summed E-state index contributed by atoms with van der Waals surface area (Å²) >= 11 is 0. The predicted molar refractivity (Wildman–Crippen MR) is 100 cm³/mol. The molecule has 2 aliphatic rings. The van der Waals surface area contributed by atoms with Gasteiger partial charge in [-0.2, -0.15) is 0 Å². The van der Waals surface area contributed by atoms with Crippen LogP contribution in [0.25, 0.3) is 0 Å². The Hall–Kier alpha value is -0.820. The first-order valence-electron chi connectivity index (χ1n) is 9.26. The van der Waals surface area contributed by atoms with Gasteiger partial charge >= 0.3 is 0 Å². The van der Waals surface area contributed by atoms with Crippen molar-refractivity contribution in [1.29, 1.82) is 0 Å². The van der Waals surface area contributed by atoms with Gasteiger partial charge in [0.1, 0.15) is 0 Å². The molecule has 2 aliphatic heterocycles. The second-order valence-corrected chi connectivity index (χ2v) is 9.86. The van der Waals surface area contributed by atoms with E-state index in [0.29, 0.717) is 30.0 Å². The average molecular weight is 359 g/mol. The lowest BCUT2D eigenvalue weighted by atomic mass is 9.78. The second kappa shape index (κ2) is 8.52. The maximum atomic E-state index is 11.5. The first-order chi connectivity index (χ1) is 11.4. The number of hydrogen-bond acceptors (Lipinski definition) is 4. The molecule has 2 heterocycles. The number of aliphatic imine (C=N–C) groups is 1. The van der Waals surface area contributed by atoms with Gasteiger partial charge in [0.25, 0.3) is 0 Å². The van der Waals surface area contributed by atoms with Crippen LogP contribution in [0.1, 0.15) is 39.5 Å². The molecule has 0 aliphatic carbocycles. The third kappa shape index (κ3) is 5.62. The highest BCUT2D eigenvalue weighted by Gasteiger charge is 2.31. The largest absolute Gasteiger partial charge is 0.355 e. The maximum Gasteiger partial charge on any atom is 0.193 e. The van der Waals surface area contributed by atoms with E-state index in [0.717, 1.165) is 32.1 Å². The fourth-order valence-corrected chi connectivity index (χ4v) is 5.21. The predicted octanol–water partition coefficient (Wildman–Crippen LogP) is 1.19. The van der Waals surface area contributed by atoms with Gasteiger partial charge in [0, 0.05) is 46.3 Å². The van der Waals surface area contributed by atoms with Gasteiger partial charge in [-0.15, -0.1) is 0 Å². The van der Waals surface area contributed by atoms with Crippen molar-refractivity contribution in [2.24, 2.45) is 10.4 Å². The van der Waals surface area contributed by atoms with Crippen LogP contribution in [0.2, 0.25) is 0 Å². The van der Waals surface area contributed by atoms with Gasteiger partial charge < -0.3 is 10.2 Å². The molecule has 0 spiro atoms. The average Bonchev–Trinajstić information content (AvgIpc) is 2.53. The Labute approximate surface area is 147 Å². The minimum atomic E-state index is -2.79. The Morgan fingerprint density at radius 2 is 1.96 bits per heavy atom. The zero-order valence-corrected chi connectivity index (χ0v) is 16.4. The molecule has 1 unspecified atom stereocenters. The zero-order valence-electron chi connectivity index (χ0n) is 15.6. The van der Waals surface area contributed by atoms with E-state index in [1.54, 1.807) is 0 Å². The van der Waals surface area contributed by atoms with Gasteiger partial charge in [0.2, 0.25) is 0 Å². The fraction of sp³-hybridized carbons (Fsp3) is 0.941. The van der Waals surface area contributed by atoms with Crippen LogP contribution in [-0.2, 0) is 9.84 Å². The Balaban J connectivity index is 1.78. The summed E-state index contributed by atoms with van der Waals surface area (Å²) in [5, 5.41) is 3.47. The number of sulfone groups is 1. The van der Waals surface area contributed by atoms with Crippen molar-refractivity contribution in [3.8, 4) is 0 Å². The molecule has 0 aromatic rings. The van der Waals surface area contributed by atoms with Crippen molar-refractivity contribution in [2.75, 3.05) is 57.8 Å². The van der Waals surface area contributed by atoms with Gasteiger partial charge in [0.15, 0.2) is 15.8 Å². The monoisotopic (exact) mass is 358 g/mol. The van der Waals surface area contributed by atoms with Crippen molar-refractivity contribution in [3.63, 3.8) is 0 Å². The van der Waals surface area contributed by atoms with Crippen LogP contribution in [0.4, 0.5) is 0 Å². The van der Waals surface area contributed by atoms with E-state index in [9.17, 15) is 8.42 Å². The van der Waals surface area contributed by atoms with Crippen molar-refractivity contribution >= 4 is 15.8 Å². The smallest absolute Gasteiger partial charge is 0.193 e. The van der Waals surface area contributed by atoms with Crippen molar-refractivity contribution in [1.82, 2.24) is 15.1 Å². The van der Waals surface area contributed by atoms with Gasteiger partial charge in [-0.25, -0.2) is 8.42 Å². The number of hydrogen-bond donors (Lipinski definition) is 1. The Morgan fingerprint density at radius 1 is 1.25 bits per heavy atom. The Kier molecular flexibility index (Phi) is 6.92. The van der Waals surface area contributed by atoms with E-state index in [1.165, 1.54) is 25.7 Å². The summed E-state index contributed by atoms with van der Waals surface area (Å²) < 4.78 is 23.0. The minimum Gasteiger partial charge on any atom is -0.355 e. The van der Waals surface area contributed by atoms with E-state index >= 15 is 0 Å². The molecular formula is C17H34N4O2S. The molecule has 1 N–H and O–H groups in total. The van der Waals surface area contributed by atoms with Crippen LogP contribution in [0.15, 0.2) is 4.99 Å². The SMILES string of the molecule is CCCC1(C)CCCN(C(=NC)NCCN2CCS(=O)(=O)CC2)C1. The van der Waals surface area contributed by atoms with Gasteiger partial charge in [0.05, 0.1) is 11.5 Å². The number of likely N-dealkylation sites (tertiary alicyclic amines) is 1. The molecule has 7 heteroatoms. The number of nitrogens with one attached hydrogen (secondary N) is 1. The molecule has 0 amide bonds. The summed E-state index contributed by atoms with van der Waals surface area (Å²) in [5.41, 5.74) is 0.395. The quantitative estimate of drug-likeness (QED) is 0.591. The fourth-order valence-electron chi connectivity index (χ4n) is 3.94. The van der Waals surface area contributed by atoms with E-state index in [2.05, 4.69) is 34.0 Å². The maximum absolute atomic E-state index is 11.5. The molecule has 140 valence electrons. The van der Waals surface area contributed by atoms with Gasteiger partial charge in [-0.1, -0.05) is 20.3 Å². The Morgan fingerprint density at radius 3 is 2.58 bits per heavy atom. The van der Waals surface area contributed by atoms with Crippen molar-refractivity contribution in [2.45, 2.75) is 39.5 Å². The third-order valence-corrected chi connectivity index (χ3v) is 6.90. The number of guanidine groups is 1. The second-order valence-electron chi connectivity index (χ2n) is 7.55. The van der Waals surface area contributed by atoms with Crippen LogP contribution in [0.3, 0.4) is 0 Å². The Bertz CT molecular complexity index is 517. The minimum absolute atomic E-state index is 0.295. The summed E-state index contributed by atoms with van der Waals surface area (Å²) in [6.07, 6.45) is 5.02. The van der Waals surface area contributed by atoms with Crippen LogP contribution in [-0.4, -0.2) is 82.0 Å². The zero-order chi connectivity index (χ0) is 17.6. The summed E-state index contributed by atoms with van der Waals surface area (Å²) in [7, 11) is -0.943. The van der Waals surface area contributed by atoms with E-state index in [-0.39, 0.29) is 0 Å². The molecule has 1 atom stereocenters. The summed E-state index contributed by atoms with van der Waals surface area (Å²) in [6, 6.07) is 0. The molecule has 0 aromatic heterocycles. The molecule has 0 saturated carbocycles. The number of piperidine rings is 1. The lowest BCUT2D eigenvalue weighted by Crippen LogP contribution is -2.51. The first kappa shape index (κ1) is 19.5. The van der Waals surface area contributed by atoms with Gasteiger partial charge in [-0.05, 0) is 24.7 Å². The van der Waals surface area contributed by atoms with Gasteiger partial charge in [-0.3, -0.25) is 9.89 Å². The number of nitrogens with zero attached hydrogens (tertiary/aromatic N) is 3. The van der Waals surface area contributed by atoms with Crippen LogP contribution in [0.5, 0.6) is 0 Å². The van der Waals surface area contributed by atoms with Crippen molar-refractivity contribution in [3.05, 3.63) is 0 Å². The molecular weight excluding hydrogens is 324 g/mol. The highest BCUT2D eigenvalue weighted by molar-refractivity contribution is 7.91. The molecule has 2 saturated heterocycles. The van der Waals surface area contributed by atoms with E-state index in [4.69, 9.17) is 0 Å². The molecule has 2 fully saturated rings. The summed E-state index contributed by atoms with van der Waals surface area (Å²) in [4.78, 5) is 9.07. The topological polar surface area (TPSA) is 65.0 Å². The lowest BCUT2D eigenvalue weighted by Gasteiger charge is -2.42. The van der Waals surface area contributed by atoms with E-state index in [1.807, 2.05) is 7.05 Å². The normalized spacial score (nSPS) is 28.8. The molecule has 2 rings (SSSR count). The van der Waals surface area contributed by atoms with Crippen LogP contribution >= 0.6 is 0 Å². The van der Waals surface area contributed by atoms with Crippen LogP contribution < -0.4 is 5.32 Å². The lowest BCUT2D eigenvalue weighted by molar-refractivity contribution is 0.142. The summed E-state index contributed by atoms with van der Waals surface area (Å²) in [5.74, 6) is 1.58. The first-order valence-corrected chi connectivity index (χ1v) is 11.1.